The van der Waals surface area contributed by atoms with Gasteiger partial charge in [-0.15, -0.1) is 0 Å². The Kier molecular flexibility index (Phi) is 5.02. The van der Waals surface area contributed by atoms with E-state index in [0.29, 0.717) is 17.2 Å². The number of carbonyl (C=O) groups excluding carboxylic acids is 2. The third kappa shape index (κ3) is 4.01. The second-order valence-electron chi connectivity index (χ2n) is 7.47. The summed E-state index contributed by atoms with van der Waals surface area (Å²) in [7, 11) is 0. The molecule has 3 heterocycles. The van der Waals surface area contributed by atoms with Crippen LogP contribution in [0.2, 0.25) is 0 Å². The maximum Gasteiger partial charge on any atom is 0.271 e. The molecule has 1 atom stereocenters. The fraction of sp³-hybridized carbons (Fsp3) is 0.0870. The molecule has 164 valence electrons. The second kappa shape index (κ2) is 8.15. The van der Waals surface area contributed by atoms with Crippen LogP contribution in [0.5, 0.6) is 0 Å². The van der Waals surface area contributed by atoms with E-state index in [1.54, 1.807) is 18.3 Å². The fourth-order valence-electron chi connectivity index (χ4n) is 3.60. The third-order valence-electron chi connectivity index (χ3n) is 5.27. The van der Waals surface area contributed by atoms with E-state index in [-0.39, 0.29) is 12.1 Å². The predicted octanol–water partition coefficient (Wildman–Crippen LogP) is 2.59. The minimum absolute atomic E-state index is 0.0465. The van der Waals surface area contributed by atoms with Crippen LogP contribution in [0.3, 0.4) is 0 Å². The summed E-state index contributed by atoms with van der Waals surface area (Å²) in [6.45, 7) is 0. The Bertz CT molecular complexity index is 1350. The van der Waals surface area contributed by atoms with Crippen LogP contribution in [0.15, 0.2) is 78.3 Å². The second-order valence-corrected chi connectivity index (χ2v) is 7.47. The Balaban J connectivity index is 1.32. The molecule has 10 heteroatoms. The van der Waals surface area contributed by atoms with Gasteiger partial charge in [0.15, 0.2) is 0 Å². The summed E-state index contributed by atoms with van der Waals surface area (Å²) in [6, 6.07) is 13.6. The summed E-state index contributed by atoms with van der Waals surface area (Å²) in [5.74, 6) is -0.898. The van der Waals surface area contributed by atoms with Crippen LogP contribution in [0, 0.1) is 5.82 Å². The zero-order valence-corrected chi connectivity index (χ0v) is 17.2. The Morgan fingerprint density at radius 3 is 2.55 bits per heavy atom. The Morgan fingerprint density at radius 2 is 1.85 bits per heavy atom. The van der Waals surface area contributed by atoms with Gasteiger partial charge >= 0.3 is 0 Å². The average Bonchev–Trinajstić information content (AvgIpc) is 3.45. The topological polar surface area (TPSA) is 118 Å². The summed E-state index contributed by atoms with van der Waals surface area (Å²) >= 11 is 0. The van der Waals surface area contributed by atoms with Gasteiger partial charge in [0, 0.05) is 36.3 Å². The van der Waals surface area contributed by atoms with Crippen molar-refractivity contribution < 1.29 is 14.0 Å². The first kappa shape index (κ1) is 20.3. The van der Waals surface area contributed by atoms with E-state index in [1.807, 2.05) is 35.0 Å². The molecule has 2 aromatic carbocycles. The minimum atomic E-state index is -0.831. The van der Waals surface area contributed by atoms with E-state index in [4.69, 9.17) is 5.73 Å². The number of primary amides is 1. The molecule has 0 saturated carbocycles. The minimum Gasteiger partial charge on any atom is -0.368 e. The first-order valence-corrected chi connectivity index (χ1v) is 10.1. The van der Waals surface area contributed by atoms with Crippen molar-refractivity contribution in [3.05, 3.63) is 79.0 Å². The van der Waals surface area contributed by atoms with Crippen LogP contribution >= 0.6 is 0 Å². The molecule has 1 aliphatic rings. The zero-order chi connectivity index (χ0) is 22.9. The number of halogens is 1. The molecule has 2 aromatic heterocycles. The van der Waals surface area contributed by atoms with Gasteiger partial charge in [-0.05, 0) is 42.5 Å². The van der Waals surface area contributed by atoms with Crippen LogP contribution in [0.25, 0.3) is 17.0 Å². The lowest BCUT2D eigenvalue weighted by molar-refractivity contribution is -0.119. The quantitative estimate of drug-likeness (QED) is 0.492. The van der Waals surface area contributed by atoms with Gasteiger partial charge in [0.05, 0.1) is 11.4 Å². The Morgan fingerprint density at radius 1 is 1.09 bits per heavy atom. The number of nitrogens with one attached hydrogen (secondary N) is 1. The van der Waals surface area contributed by atoms with Crippen molar-refractivity contribution in [3.8, 4) is 11.3 Å². The summed E-state index contributed by atoms with van der Waals surface area (Å²) in [4.78, 5) is 33.4. The third-order valence-corrected chi connectivity index (χ3v) is 5.27. The van der Waals surface area contributed by atoms with Crippen molar-refractivity contribution >= 4 is 34.7 Å². The van der Waals surface area contributed by atoms with Gasteiger partial charge in [0.1, 0.15) is 17.6 Å². The van der Waals surface area contributed by atoms with Gasteiger partial charge in [0.25, 0.3) is 5.91 Å². The number of carbonyl (C=O) groups is 2. The van der Waals surface area contributed by atoms with Gasteiger partial charge in [-0.3, -0.25) is 19.0 Å². The summed E-state index contributed by atoms with van der Waals surface area (Å²) in [6.07, 6.45) is 5.46. The predicted molar refractivity (Wildman–Crippen MR) is 121 cm³/mol. The van der Waals surface area contributed by atoms with E-state index in [9.17, 15) is 14.0 Å². The Hall–Kier alpha value is -4.60. The highest BCUT2D eigenvalue weighted by molar-refractivity contribution is 6.44. The number of fused-ring (bicyclic) bond motifs is 1. The fourth-order valence-corrected chi connectivity index (χ4v) is 3.60. The monoisotopic (exact) mass is 443 g/mol. The standard InChI is InChI=1S/C23H18FN7O2/c24-15-4-8-17(9-5-15)31-20(21(25)32)12-18(29-31)22(33)27-16-6-2-14(3-7-16)19-13-30-11-1-10-26-23(30)28-19/h1-11,13,20H,12H2,(H2,25,32)(H,27,33). The van der Waals surface area contributed by atoms with Crippen LogP contribution in [-0.2, 0) is 9.59 Å². The number of hydrazone groups is 1. The average molecular weight is 443 g/mol. The molecule has 0 aliphatic carbocycles. The molecule has 0 spiro atoms. The van der Waals surface area contributed by atoms with Gasteiger partial charge < -0.3 is 11.1 Å². The summed E-state index contributed by atoms with van der Waals surface area (Å²) in [5.41, 5.74) is 8.30. The summed E-state index contributed by atoms with van der Waals surface area (Å²) in [5, 5.41) is 8.40. The first-order chi connectivity index (χ1) is 16.0. The number of hydrogen-bond donors (Lipinski definition) is 2. The maximum absolute atomic E-state index is 13.2. The lowest BCUT2D eigenvalue weighted by Crippen LogP contribution is -2.39. The Labute approximate surface area is 187 Å². The van der Waals surface area contributed by atoms with Gasteiger partial charge in [0.2, 0.25) is 11.7 Å². The number of nitrogens with two attached hydrogens (primary N) is 1. The molecule has 5 rings (SSSR count). The SMILES string of the molecule is NC(=O)C1CC(C(=O)Nc2ccc(-c3cn4cccnc4n3)cc2)=NN1c1ccc(F)cc1. The normalized spacial score (nSPS) is 15.5. The number of anilines is 2. The lowest BCUT2D eigenvalue weighted by atomic mass is 10.1. The number of rotatable bonds is 5. The van der Waals surface area contributed by atoms with Crippen molar-refractivity contribution in [1.29, 1.82) is 0 Å². The van der Waals surface area contributed by atoms with E-state index in [1.165, 1.54) is 29.3 Å². The highest BCUT2D eigenvalue weighted by Crippen LogP contribution is 2.26. The highest BCUT2D eigenvalue weighted by atomic mass is 19.1. The molecule has 2 amide bonds. The molecule has 3 N–H and O–H groups in total. The first-order valence-electron chi connectivity index (χ1n) is 10.1. The van der Waals surface area contributed by atoms with Gasteiger partial charge in [-0.1, -0.05) is 12.1 Å². The van der Waals surface area contributed by atoms with Crippen LogP contribution < -0.4 is 16.1 Å². The molecule has 1 unspecified atom stereocenters. The number of hydrogen-bond acceptors (Lipinski definition) is 6. The molecule has 0 radical (unpaired) electrons. The van der Waals surface area contributed by atoms with E-state index in [2.05, 4.69) is 20.4 Å². The van der Waals surface area contributed by atoms with Crippen LogP contribution in [0.4, 0.5) is 15.8 Å². The van der Waals surface area contributed by atoms with Crippen molar-refractivity contribution in [3.63, 3.8) is 0 Å². The molecule has 9 nitrogen and oxygen atoms in total. The van der Waals surface area contributed by atoms with Crippen molar-refractivity contribution in [2.75, 3.05) is 10.3 Å². The van der Waals surface area contributed by atoms with Crippen molar-refractivity contribution in [2.24, 2.45) is 10.8 Å². The number of aromatic nitrogens is 3. The molecule has 1 aliphatic heterocycles. The molecule has 0 bridgehead atoms. The maximum atomic E-state index is 13.2. The number of imidazole rings is 1. The smallest absolute Gasteiger partial charge is 0.271 e. The van der Waals surface area contributed by atoms with E-state index in [0.717, 1.165) is 11.3 Å². The zero-order valence-electron chi connectivity index (χ0n) is 17.2. The number of benzene rings is 2. The molecule has 33 heavy (non-hydrogen) atoms. The lowest BCUT2D eigenvalue weighted by Gasteiger charge is -2.20. The highest BCUT2D eigenvalue weighted by Gasteiger charge is 2.35. The molecular formula is C23H18FN7O2. The van der Waals surface area contributed by atoms with Crippen molar-refractivity contribution in [1.82, 2.24) is 14.4 Å². The largest absolute Gasteiger partial charge is 0.368 e. The van der Waals surface area contributed by atoms with E-state index < -0.39 is 23.7 Å². The molecule has 4 aromatic rings. The summed E-state index contributed by atoms with van der Waals surface area (Å²) < 4.78 is 15.1. The number of nitrogens with zero attached hydrogens (tertiary/aromatic N) is 5. The molecular weight excluding hydrogens is 425 g/mol. The van der Waals surface area contributed by atoms with E-state index >= 15 is 0 Å². The molecule has 0 saturated heterocycles. The van der Waals surface area contributed by atoms with Crippen LogP contribution in [-0.4, -0.2) is 37.9 Å². The van der Waals surface area contributed by atoms with Gasteiger partial charge in [-0.2, -0.15) is 5.10 Å². The van der Waals surface area contributed by atoms with Crippen LogP contribution in [0.1, 0.15) is 6.42 Å². The number of amides is 2. The van der Waals surface area contributed by atoms with Gasteiger partial charge in [-0.25, -0.2) is 14.4 Å². The molecule has 0 fully saturated rings. The van der Waals surface area contributed by atoms with Crippen molar-refractivity contribution in [2.45, 2.75) is 12.5 Å².